The van der Waals surface area contributed by atoms with Crippen LogP contribution in [0.4, 0.5) is 13.6 Å². The van der Waals surface area contributed by atoms with E-state index in [1.807, 2.05) is 18.2 Å². The van der Waals surface area contributed by atoms with Crippen LogP contribution in [-0.4, -0.2) is 78.1 Å². The molecule has 2 aliphatic heterocycles. The maximum absolute atomic E-state index is 15.1. The van der Waals surface area contributed by atoms with Gasteiger partial charge >= 0.3 is 6.09 Å². The van der Waals surface area contributed by atoms with Gasteiger partial charge in [-0.05, 0) is 104 Å². The number of hydrogen-bond donors (Lipinski definition) is 2. The van der Waals surface area contributed by atoms with E-state index in [4.69, 9.17) is 33.7 Å². The highest BCUT2D eigenvalue weighted by molar-refractivity contribution is 6.03. The van der Waals surface area contributed by atoms with Crippen molar-refractivity contribution < 1.29 is 52.3 Å². The van der Waals surface area contributed by atoms with Crippen molar-refractivity contribution in [3.63, 3.8) is 0 Å². The summed E-state index contributed by atoms with van der Waals surface area (Å²) in [4.78, 5) is 23.1. The molecule has 7 atom stereocenters. The van der Waals surface area contributed by atoms with Gasteiger partial charge in [0.2, 0.25) is 12.1 Å². The number of aliphatic hydroxyl groups is 2. The van der Waals surface area contributed by atoms with Crippen LogP contribution in [0, 0.1) is 29.4 Å². The maximum atomic E-state index is 15.1. The first-order chi connectivity index (χ1) is 35.3. The van der Waals surface area contributed by atoms with Gasteiger partial charge in [0.1, 0.15) is 35.8 Å². The molecule has 2 aliphatic carbocycles. The number of aliphatic hydroxyl groups excluding tert-OH is 2. The number of benzene rings is 3. The Kier molecular flexibility index (Phi) is 21.8. The fourth-order valence-electron chi connectivity index (χ4n) is 11.4. The average Bonchev–Trinajstić information content (AvgIpc) is 3.40. The fourth-order valence-corrected chi connectivity index (χ4v) is 11.4. The molecule has 2 heterocycles. The van der Waals surface area contributed by atoms with Gasteiger partial charge in [-0.25, -0.2) is 13.6 Å². The number of nitrogens with zero attached hydrogens (tertiary/aromatic N) is 2. The number of rotatable bonds is 30. The van der Waals surface area contributed by atoms with E-state index < -0.39 is 30.1 Å². The Morgan fingerprint density at radius 3 is 2.33 bits per heavy atom. The molecule has 2 N–H and O–H groups in total. The molecule has 7 unspecified atom stereocenters. The molecular formula is C59H80F2N2O9. The third-order valence-electron chi connectivity index (χ3n) is 15.0. The van der Waals surface area contributed by atoms with Gasteiger partial charge in [-0.2, -0.15) is 0 Å². The highest BCUT2D eigenvalue weighted by atomic mass is 19.1. The molecule has 1 amide bonds. The average molecular weight is 999 g/mol. The molecule has 3 aromatic carbocycles. The Labute approximate surface area is 426 Å². The predicted molar refractivity (Wildman–Crippen MR) is 276 cm³/mol. The molecule has 7 rings (SSSR count). The molecule has 4 aliphatic rings. The molecule has 394 valence electrons. The minimum atomic E-state index is -1.55. The zero-order valence-corrected chi connectivity index (χ0v) is 42.7. The van der Waals surface area contributed by atoms with Crippen molar-refractivity contribution in [2.24, 2.45) is 22.9 Å². The molecule has 3 aromatic rings. The lowest BCUT2D eigenvalue weighted by molar-refractivity contribution is -0.256. The number of fused-ring (bicyclic) bond motifs is 2. The largest absolute Gasteiger partial charge is 0.489 e. The topological polar surface area (TPSA) is 129 Å². The van der Waals surface area contributed by atoms with Crippen molar-refractivity contribution in [1.82, 2.24) is 4.90 Å². The lowest BCUT2D eigenvalue weighted by Gasteiger charge is -2.60. The van der Waals surface area contributed by atoms with Gasteiger partial charge in [-0.1, -0.05) is 125 Å². The van der Waals surface area contributed by atoms with Gasteiger partial charge in [0.15, 0.2) is 0 Å². The van der Waals surface area contributed by atoms with Gasteiger partial charge in [-0.3, -0.25) is 4.90 Å². The number of amides is 1. The molecule has 13 heteroatoms. The SMILES string of the molecule is C=CCOC12Oc3ccc(OCc4ccccc4F)cc3C3C(CCCCO)C(CCCCO)C=C(C(=NOC4CCCCO4)CC1N(Cc1ccc(F)cc1)C(=O)OCCCCCCCCCCCC)C32. The van der Waals surface area contributed by atoms with E-state index in [9.17, 15) is 19.0 Å². The summed E-state index contributed by atoms with van der Waals surface area (Å²) in [6.45, 7) is 7.37. The zero-order chi connectivity index (χ0) is 50.5. The van der Waals surface area contributed by atoms with Crippen LogP contribution in [0.3, 0.4) is 0 Å². The van der Waals surface area contributed by atoms with E-state index in [-0.39, 0.29) is 75.4 Å². The van der Waals surface area contributed by atoms with Crippen LogP contribution in [0.1, 0.15) is 158 Å². The first-order valence-electron chi connectivity index (χ1n) is 27.2. The van der Waals surface area contributed by atoms with Crippen molar-refractivity contribution in [2.45, 2.75) is 173 Å². The van der Waals surface area contributed by atoms with Crippen LogP contribution in [0.25, 0.3) is 0 Å². The highest BCUT2D eigenvalue weighted by Crippen LogP contribution is 2.62. The van der Waals surface area contributed by atoms with Crippen LogP contribution in [-0.2, 0) is 32.2 Å². The summed E-state index contributed by atoms with van der Waals surface area (Å²) in [5.74, 6) is -2.13. The van der Waals surface area contributed by atoms with Crippen molar-refractivity contribution in [1.29, 1.82) is 0 Å². The van der Waals surface area contributed by atoms with Gasteiger partial charge in [0.05, 0.1) is 31.5 Å². The van der Waals surface area contributed by atoms with Crippen molar-refractivity contribution in [3.05, 3.63) is 119 Å². The van der Waals surface area contributed by atoms with Gasteiger partial charge in [0, 0.05) is 49.6 Å². The van der Waals surface area contributed by atoms with Gasteiger partial charge in [0.25, 0.3) is 0 Å². The number of oxime groups is 1. The third-order valence-corrected chi connectivity index (χ3v) is 15.0. The molecule has 2 fully saturated rings. The number of allylic oxidation sites excluding steroid dienone is 1. The van der Waals surface area contributed by atoms with Crippen molar-refractivity contribution >= 4 is 11.8 Å². The van der Waals surface area contributed by atoms with Crippen LogP contribution < -0.4 is 9.47 Å². The number of carbonyl (C=O) groups is 1. The summed E-state index contributed by atoms with van der Waals surface area (Å²) in [6, 6.07) is 17.5. The number of hydrogen-bond acceptors (Lipinski definition) is 10. The summed E-state index contributed by atoms with van der Waals surface area (Å²) in [6.07, 6.45) is 21.3. The Balaban J connectivity index is 1.33. The van der Waals surface area contributed by atoms with E-state index in [1.165, 1.54) is 56.7 Å². The van der Waals surface area contributed by atoms with E-state index in [0.717, 1.165) is 68.9 Å². The Bertz CT molecular complexity index is 2200. The lowest BCUT2D eigenvalue weighted by atomic mass is 9.55. The summed E-state index contributed by atoms with van der Waals surface area (Å²) < 4.78 is 62.7. The second kappa shape index (κ2) is 28.6. The van der Waals surface area contributed by atoms with Crippen LogP contribution in [0.5, 0.6) is 11.5 Å². The minimum absolute atomic E-state index is 0.00607. The second-order valence-corrected chi connectivity index (χ2v) is 20.1. The molecule has 1 saturated carbocycles. The Morgan fingerprint density at radius 1 is 0.889 bits per heavy atom. The standard InChI is InChI=1S/C59H80F2N2O9/c1-3-5-6-7-8-9-10-11-12-20-37-68-58(66)63(41-43-27-29-46(60)30-28-43)54-40-52(62-72-55-26-17-21-36-67-55)49-38-44(22-15-18-33-64)48(24-16-19-34-65)56-50-39-47(69-42-45-23-13-14-25-51(45)61)31-32-53(50)71-59(54,57(49)56)70-35-4-2/h4,13-14,23,25,27-32,38-39,44,48,54-57,64-65H,2-3,5-12,15-22,24,26,33-37,40-42H2,1H3. The van der Waals surface area contributed by atoms with Gasteiger partial charge in [-0.15, -0.1) is 6.58 Å². The maximum Gasteiger partial charge on any atom is 0.410 e. The minimum Gasteiger partial charge on any atom is -0.489 e. The first kappa shape index (κ1) is 54.9. The van der Waals surface area contributed by atoms with E-state index in [2.05, 4.69) is 19.6 Å². The summed E-state index contributed by atoms with van der Waals surface area (Å²) >= 11 is 0. The molecule has 0 bridgehead atoms. The predicted octanol–water partition coefficient (Wildman–Crippen LogP) is 13.3. The van der Waals surface area contributed by atoms with Gasteiger partial charge < -0.3 is 38.7 Å². The molecule has 1 saturated heterocycles. The van der Waals surface area contributed by atoms with Crippen LogP contribution in [0.2, 0.25) is 0 Å². The highest BCUT2D eigenvalue weighted by Gasteiger charge is 2.66. The number of ether oxygens (including phenoxy) is 5. The molecule has 0 radical (unpaired) electrons. The summed E-state index contributed by atoms with van der Waals surface area (Å²) in [5.41, 5.74) is 3.51. The quantitative estimate of drug-likeness (QED) is 0.0381. The molecular weight excluding hydrogens is 919 g/mol. The van der Waals surface area contributed by atoms with Crippen molar-refractivity contribution in [3.8, 4) is 11.5 Å². The van der Waals surface area contributed by atoms with E-state index in [0.29, 0.717) is 60.6 Å². The van der Waals surface area contributed by atoms with Crippen LogP contribution in [0.15, 0.2) is 96.2 Å². The number of carbonyl (C=O) groups excluding carboxylic acids is 1. The molecule has 0 spiro atoms. The Morgan fingerprint density at radius 2 is 1.62 bits per heavy atom. The smallest absolute Gasteiger partial charge is 0.410 e. The third kappa shape index (κ3) is 14.5. The summed E-state index contributed by atoms with van der Waals surface area (Å²) in [5, 5.41) is 25.1. The second-order valence-electron chi connectivity index (χ2n) is 20.1. The molecule has 0 aromatic heterocycles. The number of halogens is 2. The van der Waals surface area contributed by atoms with Crippen LogP contribution >= 0.6 is 0 Å². The van der Waals surface area contributed by atoms with E-state index in [1.54, 1.807) is 41.3 Å². The summed E-state index contributed by atoms with van der Waals surface area (Å²) in [7, 11) is 0. The first-order valence-corrected chi connectivity index (χ1v) is 27.2. The van der Waals surface area contributed by atoms with Crippen molar-refractivity contribution in [2.75, 3.05) is 33.0 Å². The Hall–Kier alpha value is -4.82. The fraction of sp³-hybridized carbons (Fsp3) is 0.593. The normalized spacial score (nSPS) is 23.8. The monoisotopic (exact) mass is 999 g/mol. The molecule has 11 nitrogen and oxygen atoms in total. The zero-order valence-electron chi connectivity index (χ0n) is 42.7. The lowest BCUT2D eigenvalue weighted by Crippen LogP contribution is -2.70. The number of unbranched alkanes of at least 4 members (excludes halogenated alkanes) is 11. The molecule has 72 heavy (non-hydrogen) atoms. The van der Waals surface area contributed by atoms with E-state index >= 15 is 4.79 Å².